The minimum Gasteiger partial charge on any atom is -0.454 e. The number of fused-ring (bicyclic) bond motifs is 1. The van der Waals surface area contributed by atoms with Gasteiger partial charge in [0.15, 0.2) is 11.5 Å². The van der Waals surface area contributed by atoms with Crippen LogP contribution in [0.5, 0.6) is 11.5 Å². The maximum Gasteiger partial charge on any atom is 0.271 e. The molecule has 1 aliphatic rings. The normalized spacial score (nSPS) is 11.9. The molecular weight excluding hydrogens is 343 g/mol. The van der Waals surface area contributed by atoms with Gasteiger partial charge in [-0.15, -0.1) is 0 Å². The zero-order valence-corrected chi connectivity index (χ0v) is 13.1. The van der Waals surface area contributed by atoms with Gasteiger partial charge in [-0.05, 0) is 24.3 Å². The van der Waals surface area contributed by atoms with Crippen molar-refractivity contribution >= 4 is 35.0 Å². The molecule has 0 saturated heterocycles. The summed E-state index contributed by atoms with van der Waals surface area (Å²) in [5.41, 5.74) is 5.05. The van der Waals surface area contributed by atoms with E-state index in [-0.39, 0.29) is 28.0 Å². The first-order valence-electron chi connectivity index (χ1n) is 6.50. The molecule has 118 valence electrons. The van der Waals surface area contributed by atoms with Gasteiger partial charge in [-0.25, -0.2) is 0 Å². The second-order valence-electron chi connectivity index (χ2n) is 4.58. The highest BCUT2D eigenvalue weighted by Gasteiger charge is 2.21. The molecule has 2 N–H and O–H groups in total. The predicted molar refractivity (Wildman–Crippen MR) is 84.0 cm³/mol. The van der Waals surface area contributed by atoms with Crippen LogP contribution in [0, 0.1) is 0 Å². The van der Waals surface area contributed by atoms with Crippen LogP contribution in [0.2, 0.25) is 10.0 Å². The molecule has 3 rings (SSSR count). The smallest absolute Gasteiger partial charge is 0.271 e. The number of carbonyl (C=O) groups excluding carboxylic acids is 2. The molecule has 0 aromatic heterocycles. The lowest BCUT2D eigenvalue weighted by atomic mass is 10.2. The van der Waals surface area contributed by atoms with Crippen molar-refractivity contribution in [1.29, 1.82) is 0 Å². The van der Waals surface area contributed by atoms with E-state index in [1.54, 1.807) is 24.3 Å². The number of carbonyl (C=O) groups is 2. The van der Waals surface area contributed by atoms with Gasteiger partial charge in [0.2, 0.25) is 6.79 Å². The third kappa shape index (κ3) is 3.18. The van der Waals surface area contributed by atoms with E-state index < -0.39 is 11.8 Å². The van der Waals surface area contributed by atoms with Crippen molar-refractivity contribution in [3.63, 3.8) is 0 Å². The molecule has 0 unspecified atom stereocenters. The van der Waals surface area contributed by atoms with Crippen LogP contribution in [0.25, 0.3) is 0 Å². The fraction of sp³-hybridized carbons (Fsp3) is 0.0667. The highest BCUT2D eigenvalue weighted by molar-refractivity contribution is 6.34. The third-order valence-electron chi connectivity index (χ3n) is 3.10. The second-order valence-corrected chi connectivity index (χ2v) is 5.39. The average Bonchev–Trinajstić information content (AvgIpc) is 3.01. The van der Waals surface area contributed by atoms with Gasteiger partial charge in [0, 0.05) is 5.56 Å². The summed E-state index contributed by atoms with van der Waals surface area (Å²) in [4.78, 5) is 24.1. The molecule has 6 nitrogen and oxygen atoms in total. The van der Waals surface area contributed by atoms with Gasteiger partial charge in [-0.1, -0.05) is 35.3 Å². The van der Waals surface area contributed by atoms with E-state index in [0.717, 1.165) is 0 Å². The van der Waals surface area contributed by atoms with Gasteiger partial charge in [-0.2, -0.15) is 0 Å². The van der Waals surface area contributed by atoms with Crippen LogP contribution in [0.4, 0.5) is 0 Å². The molecule has 2 aromatic rings. The molecule has 0 radical (unpaired) electrons. The summed E-state index contributed by atoms with van der Waals surface area (Å²) in [5.74, 6) is -0.315. The average molecular weight is 353 g/mol. The summed E-state index contributed by atoms with van der Waals surface area (Å²) < 4.78 is 10.4. The van der Waals surface area contributed by atoms with Crippen LogP contribution in [-0.4, -0.2) is 18.6 Å². The van der Waals surface area contributed by atoms with E-state index in [0.29, 0.717) is 11.5 Å². The number of amides is 2. The number of rotatable bonds is 2. The molecule has 0 saturated carbocycles. The Balaban J connectivity index is 1.70. The van der Waals surface area contributed by atoms with Gasteiger partial charge in [0.05, 0.1) is 15.6 Å². The number of ether oxygens (including phenoxy) is 2. The quantitative estimate of drug-likeness (QED) is 0.814. The van der Waals surface area contributed by atoms with Crippen molar-refractivity contribution in [3.05, 3.63) is 57.6 Å². The summed E-state index contributed by atoms with van der Waals surface area (Å²) >= 11 is 11.9. The van der Waals surface area contributed by atoms with Crippen LogP contribution in [0.15, 0.2) is 36.4 Å². The molecule has 0 fully saturated rings. The molecule has 1 aliphatic heterocycles. The Kier molecular flexibility index (Phi) is 4.27. The van der Waals surface area contributed by atoms with Crippen LogP contribution >= 0.6 is 23.2 Å². The minimum absolute atomic E-state index is 0.0450. The standard InChI is InChI=1S/C15H10Cl2N2O4/c16-10-4-2-1-3-9(10)15(21)19-18-14(20)8-5-11(17)13-12(6-8)22-7-23-13/h1-6H,7H2,(H,18,20)(H,19,21). The van der Waals surface area contributed by atoms with Gasteiger partial charge >= 0.3 is 0 Å². The van der Waals surface area contributed by atoms with E-state index in [2.05, 4.69) is 10.9 Å². The van der Waals surface area contributed by atoms with Gasteiger partial charge in [0.1, 0.15) is 0 Å². The first-order chi connectivity index (χ1) is 11.1. The molecule has 0 bridgehead atoms. The molecule has 8 heteroatoms. The van der Waals surface area contributed by atoms with Crippen LogP contribution in [0.1, 0.15) is 20.7 Å². The number of hydrogen-bond donors (Lipinski definition) is 2. The molecule has 0 spiro atoms. The summed E-state index contributed by atoms with van der Waals surface area (Å²) in [5, 5.41) is 0.535. The highest BCUT2D eigenvalue weighted by Crippen LogP contribution is 2.39. The maximum atomic E-state index is 12.1. The first-order valence-corrected chi connectivity index (χ1v) is 7.26. The van der Waals surface area contributed by atoms with Crippen molar-refractivity contribution in [1.82, 2.24) is 10.9 Å². The monoisotopic (exact) mass is 352 g/mol. The van der Waals surface area contributed by atoms with Crippen molar-refractivity contribution < 1.29 is 19.1 Å². The number of hydrogen-bond acceptors (Lipinski definition) is 4. The first kappa shape index (κ1) is 15.5. The molecule has 2 amide bonds. The lowest BCUT2D eigenvalue weighted by Gasteiger charge is -2.09. The summed E-state index contributed by atoms with van der Waals surface area (Å²) in [7, 11) is 0. The Labute approximate surface area is 141 Å². The number of benzene rings is 2. The Morgan fingerprint density at radius 2 is 1.70 bits per heavy atom. The fourth-order valence-corrected chi connectivity index (χ4v) is 2.48. The van der Waals surface area contributed by atoms with Crippen LogP contribution < -0.4 is 20.3 Å². The lowest BCUT2D eigenvalue weighted by Crippen LogP contribution is -2.41. The summed E-state index contributed by atoms with van der Waals surface area (Å²) in [6, 6.07) is 9.39. The van der Waals surface area contributed by atoms with Gasteiger partial charge in [-0.3, -0.25) is 20.4 Å². The zero-order chi connectivity index (χ0) is 16.4. The van der Waals surface area contributed by atoms with Crippen molar-refractivity contribution in [3.8, 4) is 11.5 Å². The van der Waals surface area contributed by atoms with Gasteiger partial charge < -0.3 is 9.47 Å². The largest absolute Gasteiger partial charge is 0.454 e. The SMILES string of the molecule is O=C(NNC(=O)c1ccccc1Cl)c1cc(Cl)c2c(c1)OCO2. The van der Waals surface area contributed by atoms with E-state index in [1.807, 2.05) is 0 Å². The van der Waals surface area contributed by atoms with Crippen LogP contribution in [-0.2, 0) is 0 Å². The van der Waals surface area contributed by atoms with Crippen LogP contribution in [0.3, 0.4) is 0 Å². The van der Waals surface area contributed by atoms with E-state index in [4.69, 9.17) is 32.7 Å². The maximum absolute atomic E-state index is 12.1. The van der Waals surface area contributed by atoms with Gasteiger partial charge in [0.25, 0.3) is 11.8 Å². The summed E-state index contributed by atoms with van der Waals surface area (Å²) in [6.45, 7) is 0.0450. The molecule has 0 atom stereocenters. The lowest BCUT2D eigenvalue weighted by molar-refractivity contribution is 0.0846. The Bertz CT molecular complexity index is 795. The molecule has 2 aromatic carbocycles. The Morgan fingerprint density at radius 1 is 0.957 bits per heavy atom. The topological polar surface area (TPSA) is 76.7 Å². The van der Waals surface area contributed by atoms with Crippen molar-refractivity contribution in [2.75, 3.05) is 6.79 Å². The minimum atomic E-state index is -0.550. The molecular formula is C15H10Cl2N2O4. The number of hydrazine groups is 1. The zero-order valence-electron chi connectivity index (χ0n) is 11.6. The van der Waals surface area contributed by atoms with E-state index in [1.165, 1.54) is 12.1 Å². The number of nitrogens with one attached hydrogen (secondary N) is 2. The number of halogens is 2. The van der Waals surface area contributed by atoms with E-state index in [9.17, 15) is 9.59 Å². The van der Waals surface area contributed by atoms with Crippen molar-refractivity contribution in [2.24, 2.45) is 0 Å². The third-order valence-corrected chi connectivity index (χ3v) is 3.71. The molecule has 23 heavy (non-hydrogen) atoms. The van der Waals surface area contributed by atoms with Crippen molar-refractivity contribution in [2.45, 2.75) is 0 Å². The Morgan fingerprint density at radius 3 is 2.48 bits per heavy atom. The van der Waals surface area contributed by atoms with E-state index >= 15 is 0 Å². The fourth-order valence-electron chi connectivity index (χ4n) is 2.00. The highest BCUT2D eigenvalue weighted by atomic mass is 35.5. The second kappa shape index (κ2) is 6.36. The molecule has 0 aliphatic carbocycles. The predicted octanol–water partition coefficient (Wildman–Crippen LogP) is 2.80. The molecule has 1 heterocycles. The summed E-state index contributed by atoms with van der Waals surface area (Å²) in [6.07, 6.45) is 0. The Hall–Kier alpha value is -2.44.